The molecule has 1 aliphatic carbocycles. The maximum absolute atomic E-state index is 13.8. The van der Waals surface area contributed by atoms with Gasteiger partial charge in [0.25, 0.3) is 0 Å². The molecule has 0 spiro atoms. The lowest BCUT2D eigenvalue weighted by atomic mass is 10.2. The second kappa shape index (κ2) is 5.94. The van der Waals surface area contributed by atoms with Crippen molar-refractivity contribution >= 4 is 23.4 Å². The number of carbonyl (C=O) groups is 2. The summed E-state index contributed by atoms with van der Waals surface area (Å²) < 4.78 is 18.8. The van der Waals surface area contributed by atoms with Crippen molar-refractivity contribution in [3.63, 3.8) is 0 Å². The number of amides is 2. The number of anilines is 2. The Balaban J connectivity index is 2.03. The van der Waals surface area contributed by atoms with Crippen LogP contribution in [0, 0.1) is 17.7 Å². The summed E-state index contributed by atoms with van der Waals surface area (Å²) in [5, 5.41) is 5.07. The van der Waals surface area contributed by atoms with Crippen molar-refractivity contribution in [1.82, 2.24) is 0 Å². The minimum atomic E-state index is -0.745. The van der Waals surface area contributed by atoms with Crippen LogP contribution >= 0.6 is 0 Å². The molecule has 120 valence electrons. The number of rotatable bonds is 3. The second-order valence-electron chi connectivity index (χ2n) is 6.63. The molecule has 1 saturated carbocycles. The average molecular weight is 308 g/mol. The molecule has 0 heterocycles. The maximum atomic E-state index is 13.8. The number of ether oxygens (including phenoxy) is 1. The molecule has 1 aromatic carbocycles. The van der Waals surface area contributed by atoms with Gasteiger partial charge >= 0.3 is 6.09 Å². The Bertz CT molecular complexity index is 596. The van der Waals surface area contributed by atoms with Gasteiger partial charge in [0, 0.05) is 11.6 Å². The van der Waals surface area contributed by atoms with E-state index < -0.39 is 17.5 Å². The van der Waals surface area contributed by atoms with Gasteiger partial charge in [0.15, 0.2) is 0 Å². The molecule has 0 aromatic heterocycles. The first kappa shape index (κ1) is 16.3. The van der Waals surface area contributed by atoms with E-state index in [1.807, 2.05) is 6.92 Å². The largest absolute Gasteiger partial charge is 0.444 e. The van der Waals surface area contributed by atoms with Gasteiger partial charge in [0.05, 0.1) is 5.69 Å². The van der Waals surface area contributed by atoms with Crippen LogP contribution in [0.1, 0.15) is 34.1 Å². The fourth-order valence-corrected chi connectivity index (χ4v) is 2.03. The minimum absolute atomic E-state index is 0.0207. The van der Waals surface area contributed by atoms with Crippen molar-refractivity contribution in [3.05, 3.63) is 24.0 Å². The molecule has 0 bridgehead atoms. The second-order valence-corrected chi connectivity index (χ2v) is 6.63. The zero-order chi connectivity index (χ0) is 16.5. The molecule has 0 radical (unpaired) electrons. The van der Waals surface area contributed by atoms with E-state index in [2.05, 4.69) is 10.6 Å². The molecule has 1 aliphatic rings. The first-order chi connectivity index (χ1) is 10.2. The van der Waals surface area contributed by atoms with Gasteiger partial charge in [-0.05, 0) is 51.3 Å². The Morgan fingerprint density at radius 2 is 1.91 bits per heavy atom. The molecule has 2 rings (SSSR count). The average Bonchev–Trinajstić information content (AvgIpc) is 3.08. The van der Waals surface area contributed by atoms with Crippen molar-refractivity contribution in [2.45, 2.75) is 39.7 Å². The van der Waals surface area contributed by atoms with Crippen molar-refractivity contribution in [1.29, 1.82) is 0 Å². The van der Waals surface area contributed by atoms with Gasteiger partial charge in [-0.1, -0.05) is 6.92 Å². The Morgan fingerprint density at radius 3 is 2.45 bits per heavy atom. The predicted octanol–water partition coefficient (Wildman–Crippen LogP) is 3.77. The first-order valence-corrected chi connectivity index (χ1v) is 7.26. The van der Waals surface area contributed by atoms with Gasteiger partial charge < -0.3 is 10.1 Å². The molecule has 0 saturated heterocycles. The van der Waals surface area contributed by atoms with Gasteiger partial charge in [0.2, 0.25) is 5.91 Å². The molecular formula is C16H21FN2O3. The quantitative estimate of drug-likeness (QED) is 0.893. The molecular weight excluding hydrogens is 287 g/mol. The molecule has 2 amide bonds. The smallest absolute Gasteiger partial charge is 0.412 e. The molecule has 1 fully saturated rings. The molecule has 2 atom stereocenters. The lowest BCUT2D eigenvalue weighted by molar-refractivity contribution is -0.117. The van der Waals surface area contributed by atoms with Gasteiger partial charge in [-0.3, -0.25) is 10.1 Å². The molecule has 6 heteroatoms. The van der Waals surface area contributed by atoms with E-state index in [0.29, 0.717) is 11.6 Å². The van der Waals surface area contributed by atoms with E-state index in [4.69, 9.17) is 4.74 Å². The van der Waals surface area contributed by atoms with Crippen LogP contribution in [-0.2, 0) is 9.53 Å². The van der Waals surface area contributed by atoms with E-state index in [-0.39, 0.29) is 17.5 Å². The highest BCUT2D eigenvalue weighted by atomic mass is 19.1. The van der Waals surface area contributed by atoms with Gasteiger partial charge in [0.1, 0.15) is 11.4 Å². The van der Waals surface area contributed by atoms with E-state index in [1.54, 1.807) is 20.8 Å². The van der Waals surface area contributed by atoms with E-state index in [9.17, 15) is 14.0 Å². The van der Waals surface area contributed by atoms with Gasteiger partial charge in [-0.15, -0.1) is 0 Å². The van der Waals surface area contributed by atoms with E-state index in [1.165, 1.54) is 18.2 Å². The summed E-state index contributed by atoms with van der Waals surface area (Å²) in [5.41, 5.74) is -0.262. The number of nitrogens with one attached hydrogen (secondary N) is 2. The zero-order valence-electron chi connectivity index (χ0n) is 13.2. The molecule has 5 nitrogen and oxygen atoms in total. The fraction of sp³-hybridized carbons (Fsp3) is 0.500. The van der Waals surface area contributed by atoms with Crippen molar-refractivity contribution in [2.75, 3.05) is 10.6 Å². The molecule has 22 heavy (non-hydrogen) atoms. The summed E-state index contributed by atoms with van der Waals surface area (Å²) in [6.07, 6.45) is 0.126. The van der Waals surface area contributed by atoms with Crippen LogP contribution in [0.3, 0.4) is 0 Å². The first-order valence-electron chi connectivity index (χ1n) is 7.26. The van der Waals surface area contributed by atoms with Crippen LogP contribution in [0.5, 0.6) is 0 Å². The molecule has 2 N–H and O–H groups in total. The van der Waals surface area contributed by atoms with Gasteiger partial charge in [-0.25, -0.2) is 9.18 Å². The van der Waals surface area contributed by atoms with E-state index >= 15 is 0 Å². The standard InChI is InChI=1S/C16H21FN2O3/c1-9-7-11(9)14(20)18-10-5-6-12(17)13(8-10)19-15(21)22-16(2,3)4/h5-6,8-9,11H,7H2,1-4H3,(H,18,20)(H,19,21)/t9-,11-/m1/s1. The van der Waals surface area contributed by atoms with Crippen LogP contribution in [-0.4, -0.2) is 17.6 Å². The highest BCUT2D eigenvalue weighted by Crippen LogP contribution is 2.38. The molecule has 0 unspecified atom stereocenters. The summed E-state index contributed by atoms with van der Waals surface area (Å²) in [6.45, 7) is 7.16. The normalized spacial score (nSPS) is 20.2. The number of hydrogen-bond acceptors (Lipinski definition) is 3. The third-order valence-corrected chi connectivity index (χ3v) is 3.32. The minimum Gasteiger partial charge on any atom is -0.444 e. The summed E-state index contributed by atoms with van der Waals surface area (Å²) in [6, 6.07) is 4.03. The Kier molecular flexibility index (Phi) is 4.39. The molecule has 1 aromatic rings. The number of halogens is 1. The highest BCUT2D eigenvalue weighted by molar-refractivity contribution is 5.95. The number of carbonyl (C=O) groups excluding carboxylic acids is 2. The van der Waals surface area contributed by atoms with Crippen LogP contribution in [0.4, 0.5) is 20.6 Å². The van der Waals surface area contributed by atoms with Crippen LogP contribution in [0.15, 0.2) is 18.2 Å². The Labute approximate surface area is 129 Å². The topological polar surface area (TPSA) is 67.4 Å². The SMILES string of the molecule is C[C@@H]1C[C@H]1C(=O)Nc1ccc(F)c(NC(=O)OC(C)(C)C)c1. The third kappa shape index (κ3) is 4.44. The number of benzene rings is 1. The summed E-state index contributed by atoms with van der Waals surface area (Å²) in [4.78, 5) is 23.6. The van der Waals surface area contributed by atoms with Crippen LogP contribution < -0.4 is 10.6 Å². The lowest BCUT2D eigenvalue weighted by Crippen LogP contribution is -2.27. The molecule has 0 aliphatic heterocycles. The maximum Gasteiger partial charge on any atom is 0.412 e. The van der Waals surface area contributed by atoms with E-state index in [0.717, 1.165) is 6.42 Å². The monoisotopic (exact) mass is 308 g/mol. The lowest BCUT2D eigenvalue weighted by Gasteiger charge is -2.20. The highest BCUT2D eigenvalue weighted by Gasteiger charge is 2.39. The van der Waals surface area contributed by atoms with Crippen LogP contribution in [0.2, 0.25) is 0 Å². The van der Waals surface area contributed by atoms with Crippen molar-refractivity contribution in [2.24, 2.45) is 11.8 Å². The summed E-state index contributed by atoms with van der Waals surface area (Å²) in [5.74, 6) is -0.266. The van der Waals surface area contributed by atoms with Gasteiger partial charge in [-0.2, -0.15) is 0 Å². The summed E-state index contributed by atoms with van der Waals surface area (Å²) in [7, 11) is 0. The third-order valence-electron chi connectivity index (χ3n) is 3.32. The number of hydrogen-bond donors (Lipinski definition) is 2. The zero-order valence-corrected chi connectivity index (χ0v) is 13.2. The summed E-state index contributed by atoms with van der Waals surface area (Å²) >= 11 is 0. The Morgan fingerprint density at radius 1 is 1.27 bits per heavy atom. The van der Waals surface area contributed by atoms with Crippen molar-refractivity contribution < 1.29 is 18.7 Å². The van der Waals surface area contributed by atoms with Crippen LogP contribution in [0.25, 0.3) is 0 Å². The predicted molar refractivity (Wildman–Crippen MR) is 82.2 cm³/mol. The fourth-order valence-electron chi connectivity index (χ4n) is 2.03. The van der Waals surface area contributed by atoms with Crippen molar-refractivity contribution in [3.8, 4) is 0 Å². The Hall–Kier alpha value is -2.11.